The van der Waals surface area contributed by atoms with E-state index in [1.165, 1.54) is 4.74 Å². The number of sulfonamides is 4. The van der Waals surface area contributed by atoms with Crippen LogP contribution in [-0.2, 0) is 49.6 Å². The molecule has 0 saturated heterocycles. The third kappa shape index (κ3) is 9.56. The molecular weight excluding hydrogens is 1190 g/mol. The summed E-state index contributed by atoms with van der Waals surface area (Å²) in [6, 6.07) is 0. The number of hydrogen-bond donors (Lipinski definition) is 2. The van der Waals surface area contributed by atoms with Crippen molar-refractivity contribution in [2.45, 2.75) is 113 Å². The molecule has 1 unspecified atom stereocenters. The highest BCUT2D eigenvalue weighted by atomic mass is 32.3. The van der Waals surface area contributed by atoms with Crippen LogP contribution >= 0.6 is 0 Å². The predicted molar refractivity (Wildman–Crippen MR) is 140 cm³/mol. The van der Waals surface area contributed by atoms with Crippen molar-refractivity contribution in [3.8, 4) is 0 Å². The van der Waals surface area contributed by atoms with Gasteiger partial charge in [-0.05, 0) is 0 Å². The third-order valence-electron chi connectivity index (χ3n) is 7.18. The Kier molecular flexibility index (Phi) is 16.0. The van der Waals surface area contributed by atoms with Crippen LogP contribution in [0.15, 0.2) is 0 Å². The number of alkyl halides is 34. The van der Waals surface area contributed by atoms with Crippen molar-refractivity contribution in [1.29, 1.82) is 0 Å². The Labute approximate surface area is 353 Å². The van der Waals surface area contributed by atoms with E-state index >= 15 is 0 Å². The van der Waals surface area contributed by atoms with Crippen LogP contribution in [-0.4, -0.2) is 132 Å². The van der Waals surface area contributed by atoms with Gasteiger partial charge in [-0.2, -0.15) is 145 Å². The molecule has 0 aromatic rings. The highest BCUT2D eigenvalue weighted by molar-refractivity contribution is 8.06. The fraction of sp³-hybridized carbons (Fsp3) is 1.00. The highest BCUT2D eigenvalue weighted by Crippen LogP contribution is 2.61. The fourth-order valence-electron chi connectivity index (χ4n) is 3.28. The van der Waals surface area contributed by atoms with E-state index in [1.807, 2.05) is 0 Å². The lowest BCUT2D eigenvalue weighted by Gasteiger charge is -2.41. The molecule has 0 bridgehead atoms. The summed E-state index contributed by atoms with van der Waals surface area (Å²) in [5, 5.41) is -36.4. The molecule has 0 aliphatic carbocycles. The topological polar surface area (TPSA) is 179 Å². The molecule has 0 aromatic carbocycles. The molecule has 0 saturated carbocycles. The molecule has 0 radical (unpaired) electrons. The molecule has 0 aromatic heterocycles. The zero-order valence-electron chi connectivity index (χ0n) is 30.1. The van der Waals surface area contributed by atoms with Crippen LogP contribution in [0.25, 0.3) is 0 Å². The maximum Gasteiger partial charge on any atom is 0.483 e. The lowest BCUT2D eigenvalue weighted by atomic mass is 9.99. The maximum absolute atomic E-state index is 14.3. The smallest absolute Gasteiger partial charge is 0.272 e. The van der Waals surface area contributed by atoms with Gasteiger partial charge in [0.15, 0.2) is 0 Å². The lowest BCUT2D eigenvalue weighted by Crippen LogP contribution is -2.71. The molecule has 50 heteroatoms. The summed E-state index contributed by atoms with van der Waals surface area (Å²) in [7, 11) is -38.7. The second kappa shape index (κ2) is 16.6. The average Bonchev–Trinajstić information content (AvgIpc) is 3.04. The molecule has 69 heavy (non-hydrogen) atoms. The van der Waals surface area contributed by atoms with Gasteiger partial charge < -0.3 is 0 Å². The van der Waals surface area contributed by atoms with Gasteiger partial charge >= 0.3 is 92.9 Å². The molecule has 0 rings (SSSR count). The molecule has 0 aliphatic rings. The maximum atomic E-state index is 14.3. The second-order valence-electron chi connectivity index (χ2n) is 12.3. The average molecular weight is 1200 g/mol. The number of rotatable bonds is 23. The van der Waals surface area contributed by atoms with E-state index < -0.39 is 161 Å². The summed E-state index contributed by atoms with van der Waals surface area (Å²) < 4.78 is 555. The predicted octanol–water partition coefficient (Wildman–Crippen LogP) is 8.02. The molecule has 12 nitrogen and oxygen atoms in total. The van der Waals surface area contributed by atoms with Crippen molar-refractivity contribution in [1.82, 2.24) is 8.25 Å². The molecule has 2 N–H and O–H groups in total. The molecule has 0 heterocycles. The lowest BCUT2D eigenvalue weighted by molar-refractivity contribution is -0.505. The van der Waals surface area contributed by atoms with E-state index in [1.54, 1.807) is 0 Å². The SMILES string of the molecule is CC(F)(F)C(F)(F)C(F)(F)C(C)(F)OC(F)(F)C(F)(F)C(F)(F)C(F)(F)S(=O)(=O)NS(=O)(=O)C(F)(F)C(F)(F)C(F)(F)S(=O)(=O)NS(=O)(=O)C(F)(F)C(F)(F)C(F)(F)C(F)(F)OC(F)(F)C(F)(F)F. The fourth-order valence-corrected chi connectivity index (χ4v) is 9.19. The minimum Gasteiger partial charge on any atom is -0.272 e. The Morgan fingerprint density at radius 1 is 0.275 bits per heavy atom. The summed E-state index contributed by atoms with van der Waals surface area (Å²) in [6.07, 6.45) is -32.9. The quantitative estimate of drug-likeness (QED) is 0.0953. The molecule has 1 atom stereocenters. The van der Waals surface area contributed by atoms with Gasteiger partial charge in [-0.3, -0.25) is 4.74 Å². The minimum atomic E-state index is -9.72. The third-order valence-corrected chi connectivity index (χ3v) is 14.4. The molecule has 0 aliphatic heterocycles. The number of ether oxygens (including phenoxy) is 2. The van der Waals surface area contributed by atoms with E-state index in [4.69, 9.17) is 0 Å². The van der Waals surface area contributed by atoms with E-state index in [0.717, 1.165) is 4.74 Å². The summed E-state index contributed by atoms with van der Waals surface area (Å²) >= 11 is 0. The Morgan fingerprint density at radius 3 is 0.710 bits per heavy atom. The number of nitrogens with one attached hydrogen (secondary N) is 2. The standard InChI is InChI=1S/C19H8F34N2O10S4/c1-3(20,21)5(23,24)6(25,26)4(2,22)64-13(40,41)7(27,28)9(31,32)16(46,47)66(56,57)54-68(60,61)18(50,51)11(35,36)19(52,53)69(62,63)55-67(58,59)17(48,49)10(33,34)8(29,30)14(42,43)65-15(44,45)12(37,38)39/h54-55H,1-2H3. The first-order valence-electron chi connectivity index (χ1n) is 14.2. The normalized spacial score (nSPS) is 17.8. The van der Waals surface area contributed by atoms with Crippen LogP contribution in [0.5, 0.6) is 0 Å². The summed E-state index contributed by atoms with van der Waals surface area (Å²) in [4.78, 5) is 0. The van der Waals surface area contributed by atoms with Crippen LogP contribution in [0.2, 0.25) is 0 Å². The first-order chi connectivity index (χ1) is 28.8. The van der Waals surface area contributed by atoms with Crippen LogP contribution < -0.4 is 8.25 Å². The molecule has 0 fully saturated rings. The van der Waals surface area contributed by atoms with Crippen molar-refractivity contribution in [3.63, 3.8) is 0 Å². The van der Waals surface area contributed by atoms with E-state index in [9.17, 15) is 183 Å². The number of hydrogen-bond acceptors (Lipinski definition) is 10. The summed E-state index contributed by atoms with van der Waals surface area (Å²) in [5.74, 6) is -74.8. The summed E-state index contributed by atoms with van der Waals surface area (Å²) in [5.41, 5.74) is 0. The van der Waals surface area contributed by atoms with Crippen LogP contribution in [0, 0.1) is 0 Å². The zero-order valence-corrected chi connectivity index (χ0v) is 33.3. The van der Waals surface area contributed by atoms with Gasteiger partial charge in [-0.25, -0.2) is 42.8 Å². The number of halogens is 34. The van der Waals surface area contributed by atoms with E-state index in [-0.39, 0.29) is 0 Å². The van der Waals surface area contributed by atoms with Crippen LogP contribution in [0.4, 0.5) is 149 Å². The molecule has 0 spiro atoms. The zero-order chi connectivity index (χ0) is 57.3. The van der Waals surface area contributed by atoms with Crippen molar-refractivity contribution in [3.05, 3.63) is 0 Å². The largest absolute Gasteiger partial charge is 0.483 e. The first-order valence-corrected chi connectivity index (χ1v) is 20.1. The Morgan fingerprint density at radius 2 is 0.493 bits per heavy atom. The van der Waals surface area contributed by atoms with Crippen molar-refractivity contribution < 1.29 is 192 Å². The highest BCUT2D eigenvalue weighted by Gasteiger charge is 2.91. The van der Waals surface area contributed by atoms with Gasteiger partial charge in [0.25, 0.3) is 45.9 Å². The Hall–Kier alpha value is -2.74. The van der Waals surface area contributed by atoms with Crippen molar-refractivity contribution in [2.75, 3.05) is 0 Å². The first kappa shape index (κ1) is 66.3. The van der Waals surface area contributed by atoms with Crippen LogP contribution in [0.1, 0.15) is 13.8 Å². The van der Waals surface area contributed by atoms with E-state index in [0.29, 0.717) is 0 Å². The summed E-state index contributed by atoms with van der Waals surface area (Å²) in [6.45, 7) is -3.17. The second-order valence-corrected chi connectivity index (χ2v) is 19.7. The monoisotopic (exact) mass is 1200 g/mol. The molecular formula is C19H8F34N2O10S4. The molecule has 416 valence electrons. The van der Waals surface area contributed by atoms with E-state index in [2.05, 4.69) is 0 Å². The van der Waals surface area contributed by atoms with Gasteiger partial charge in [0, 0.05) is 13.8 Å². The minimum absolute atomic E-state index is 0.928. The van der Waals surface area contributed by atoms with Gasteiger partial charge in [0.2, 0.25) is 0 Å². The van der Waals surface area contributed by atoms with Crippen molar-refractivity contribution in [2.24, 2.45) is 0 Å². The molecule has 0 amide bonds. The van der Waals surface area contributed by atoms with Crippen LogP contribution in [0.3, 0.4) is 0 Å². The van der Waals surface area contributed by atoms with Gasteiger partial charge in [-0.1, -0.05) is 8.25 Å². The Balaban J connectivity index is 7.42. The van der Waals surface area contributed by atoms with Gasteiger partial charge in [-0.15, -0.1) is 0 Å². The van der Waals surface area contributed by atoms with Gasteiger partial charge in [0.1, 0.15) is 0 Å². The Bertz CT molecular complexity index is 2390. The van der Waals surface area contributed by atoms with Crippen molar-refractivity contribution >= 4 is 40.1 Å². The van der Waals surface area contributed by atoms with Gasteiger partial charge in [0.05, 0.1) is 0 Å².